The van der Waals surface area contributed by atoms with E-state index in [4.69, 9.17) is 14.2 Å². The third-order valence-corrected chi connectivity index (χ3v) is 14.3. The summed E-state index contributed by atoms with van der Waals surface area (Å²) in [5, 5.41) is 0. The quantitative estimate of drug-likeness (QED) is 0.0261. The molecule has 0 aliphatic carbocycles. The van der Waals surface area contributed by atoms with Crippen molar-refractivity contribution in [2.24, 2.45) is 0 Å². The molecule has 0 saturated carbocycles. The molecule has 0 aromatic heterocycles. The summed E-state index contributed by atoms with van der Waals surface area (Å²) in [6.45, 7) is 6.48. The normalized spacial score (nSPS) is 13.0. The Kier molecular flexibility index (Phi) is 65.8. The SMILES string of the molecule is CC/C=C\C/C=C\C/C=C\C/C=C\C/C=C\C/C=C\C/C=C\C/C=C\C/C=C\C/C=C\CCCCC(=O)OCC(COC(=O)CCCCCCCCCCCCCCCCCC)OC(=O)CCCCCCC/C=C\C/C=C\CCCCCC. The molecule has 0 N–H and O–H groups in total. The smallest absolute Gasteiger partial charge is 0.306 e. The minimum absolute atomic E-state index is 0.0990. The van der Waals surface area contributed by atoms with Crippen LogP contribution >= 0.6 is 0 Å². The van der Waals surface area contributed by atoms with Crippen molar-refractivity contribution < 1.29 is 28.6 Å². The van der Waals surface area contributed by atoms with Crippen LogP contribution in [-0.2, 0) is 28.6 Å². The van der Waals surface area contributed by atoms with E-state index >= 15 is 0 Å². The molecule has 0 fully saturated rings. The average molecular weight is 1150 g/mol. The topological polar surface area (TPSA) is 78.9 Å². The number of hydrogen-bond acceptors (Lipinski definition) is 6. The summed E-state index contributed by atoms with van der Waals surface area (Å²) in [5.74, 6) is -0.953. The highest BCUT2D eigenvalue weighted by molar-refractivity contribution is 5.71. The van der Waals surface area contributed by atoms with Gasteiger partial charge in [0.15, 0.2) is 6.10 Å². The van der Waals surface area contributed by atoms with Crippen molar-refractivity contribution in [1.82, 2.24) is 0 Å². The molecule has 0 rings (SSSR count). The van der Waals surface area contributed by atoms with E-state index < -0.39 is 6.10 Å². The number of carbonyl (C=O) groups is 3. The lowest BCUT2D eigenvalue weighted by Gasteiger charge is -2.18. The lowest BCUT2D eigenvalue weighted by Crippen LogP contribution is -2.30. The second kappa shape index (κ2) is 69.8. The zero-order valence-corrected chi connectivity index (χ0v) is 53.9. The van der Waals surface area contributed by atoms with Crippen molar-refractivity contribution in [1.29, 1.82) is 0 Å². The second-order valence-electron chi connectivity index (χ2n) is 22.4. The van der Waals surface area contributed by atoms with Gasteiger partial charge in [0, 0.05) is 19.3 Å². The number of ether oxygens (including phenoxy) is 3. The van der Waals surface area contributed by atoms with Crippen molar-refractivity contribution in [3.05, 3.63) is 146 Å². The third-order valence-electron chi connectivity index (χ3n) is 14.3. The van der Waals surface area contributed by atoms with E-state index in [1.807, 2.05) is 0 Å². The molecular weight excluding hydrogens is 1020 g/mol. The molecule has 0 radical (unpaired) electrons. The van der Waals surface area contributed by atoms with Crippen LogP contribution in [0.5, 0.6) is 0 Å². The molecule has 6 nitrogen and oxygen atoms in total. The third kappa shape index (κ3) is 68.0. The van der Waals surface area contributed by atoms with Crippen LogP contribution in [0.2, 0.25) is 0 Å². The van der Waals surface area contributed by atoms with E-state index in [9.17, 15) is 14.4 Å². The van der Waals surface area contributed by atoms with Gasteiger partial charge in [-0.25, -0.2) is 0 Å². The van der Waals surface area contributed by atoms with E-state index in [2.05, 4.69) is 167 Å². The van der Waals surface area contributed by atoms with Crippen LogP contribution in [0, 0.1) is 0 Å². The van der Waals surface area contributed by atoms with E-state index in [1.54, 1.807) is 0 Å². The number of rotatable bonds is 61. The van der Waals surface area contributed by atoms with Gasteiger partial charge in [0.25, 0.3) is 0 Å². The molecule has 0 saturated heterocycles. The van der Waals surface area contributed by atoms with Gasteiger partial charge in [-0.05, 0) is 128 Å². The van der Waals surface area contributed by atoms with Gasteiger partial charge in [0.2, 0.25) is 0 Å². The van der Waals surface area contributed by atoms with Gasteiger partial charge in [-0.3, -0.25) is 14.4 Å². The summed E-state index contributed by atoms with van der Waals surface area (Å²) in [5.41, 5.74) is 0. The minimum atomic E-state index is -0.809. The highest BCUT2D eigenvalue weighted by atomic mass is 16.6. The molecule has 0 aromatic carbocycles. The van der Waals surface area contributed by atoms with Crippen LogP contribution in [0.25, 0.3) is 0 Å². The van der Waals surface area contributed by atoms with Crippen LogP contribution in [0.1, 0.15) is 303 Å². The number of esters is 3. The number of unbranched alkanes of at least 4 members (excludes halogenated alkanes) is 26. The van der Waals surface area contributed by atoms with Crippen molar-refractivity contribution in [2.45, 2.75) is 309 Å². The molecule has 0 bridgehead atoms. The maximum absolute atomic E-state index is 12.9. The van der Waals surface area contributed by atoms with Crippen LogP contribution < -0.4 is 0 Å². The van der Waals surface area contributed by atoms with Gasteiger partial charge in [0.1, 0.15) is 13.2 Å². The van der Waals surface area contributed by atoms with Crippen LogP contribution in [-0.4, -0.2) is 37.2 Å². The first-order chi connectivity index (χ1) is 41.0. The first-order valence-corrected chi connectivity index (χ1v) is 34.3. The van der Waals surface area contributed by atoms with Crippen molar-refractivity contribution >= 4 is 17.9 Å². The van der Waals surface area contributed by atoms with Crippen molar-refractivity contribution in [3.8, 4) is 0 Å². The summed E-state index contributed by atoms with van der Waals surface area (Å²) in [6.07, 6.45) is 100. The molecule has 0 amide bonds. The predicted molar refractivity (Wildman–Crippen MR) is 362 cm³/mol. The van der Waals surface area contributed by atoms with Gasteiger partial charge < -0.3 is 14.2 Å². The Balaban J connectivity index is 4.42. The zero-order valence-electron chi connectivity index (χ0n) is 53.9. The van der Waals surface area contributed by atoms with Crippen molar-refractivity contribution in [3.63, 3.8) is 0 Å². The first-order valence-electron chi connectivity index (χ1n) is 34.3. The van der Waals surface area contributed by atoms with E-state index in [0.29, 0.717) is 25.7 Å². The molecule has 83 heavy (non-hydrogen) atoms. The molecule has 0 aliphatic heterocycles. The fourth-order valence-corrected chi connectivity index (χ4v) is 9.21. The molecule has 0 spiro atoms. The Labute approximate surface area is 512 Å². The lowest BCUT2D eigenvalue weighted by molar-refractivity contribution is -0.167. The van der Waals surface area contributed by atoms with E-state index in [1.165, 1.54) is 116 Å². The number of carbonyl (C=O) groups excluding carboxylic acids is 3. The lowest BCUT2D eigenvalue weighted by atomic mass is 10.0. The Morgan fingerprint density at radius 1 is 0.253 bits per heavy atom. The maximum Gasteiger partial charge on any atom is 0.306 e. The summed E-state index contributed by atoms with van der Waals surface area (Å²) >= 11 is 0. The Morgan fingerprint density at radius 2 is 0.470 bits per heavy atom. The first kappa shape index (κ1) is 78.3. The standard InChI is InChI=1S/C77H126O6/c1-4-7-10-13-16-19-22-25-28-31-32-33-34-35-36-37-38-39-40-41-42-43-44-45-46-47-50-52-55-58-61-64-67-70-76(79)82-73-74(83-77(80)71-68-65-62-59-56-53-49-30-27-24-21-18-15-12-9-6-3)72-81-75(78)69-66-63-60-57-54-51-48-29-26-23-20-17-14-11-8-5-2/h7,10,16,19,21,24-25,28,30,32-33,35-36,38-39,41-42,44-45,47,49-50,55,58,74H,4-6,8-9,11-15,17-18,20,22-23,26-27,29,31,34,37,40,43,46,48,51-54,56-57,59-73H2,1-3H3/b10-7-,19-16-,24-21-,28-25-,33-32-,36-35-,39-38-,42-41-,45-44-,49-30-,50-47-,58-55-. The molecule has 1 atom stereocenters. The van der Waals surface area contributed by atoms with E-state index in [0.717, 1.165) is 141 Å². The molecule has 0 heterocycles. The molecule has 470 valence electrons. The summed E-state index contributed by atoms with van der Waals surface area (Å²) in [4.78, 5) is 38.4. The van der Waals surface area contributed by atoms with Gasteiger partial charge in [0.05, 0.1) is 0 Å². The largest absolute Gasteiger partial charge is 0.462 e. The summed E-state index contributed by atoms with van der Waals surface area (Å²) < 4.78 is 16.9. The monoisotopic (exact) mass is 1150 g/mol. The molecular formula is C77H126O6. The fourth-order valence-electron chi connectivity index (χ4n) is 9.21. The highest BCUT2D eigenvalue weighted by Gasteiger charge is 2.19. The van der Waals surface area contributed by atoms with Crippen LogP contribution in [0.15, 0.2) is 146 Å². The second-order valence-corrected chi connectivity index (χ2v) is 22.4. The van der Waals surface area contributed by atoms with Crippen molar-refractivity contribution in [2.75, 3.05) is 13.2 Å². The van der Waals surface area contributed by atoms with Crippen LogP contribution in [0.3, 0.4) is 0 Å². The van der Waals surface area contributed by atoms with Gasteiger partial charge >= 0.3 is 17.9 Å². The highest BCUT2D eigenvalue weighted by Crippen LogP contribution is 2.16. The molecule has 0 aromatic rings. The van der Waals surface area contributed by atoms with Gasteiger partial charge in [-0.2, -0.15) is 0 Å². The average Bonchev–Trinajstić information content (AvgIpc) is 3.49. The number of allylic oxidation sites excluding steroid dienone is 24. The Morgan fingerprint density at radius 3 is 0.771 bits per heavy atom. The number of hydrogen-bond donors (Lipinski definition) is 0. The maximum atomic E-state index is 12.9. The Hall–Kier alpha value is -4.71. The molecule has 1 unspecified atom stereocenters. The van der Waals surface area contributed by atoms with E-state index in [-0.39, 0.29) is 31.1 Å². The molecule has 0 aliphatic rings. The predicted octanol–water partition coefficient (Wildman–Crippen LogP) is 23.9. The zero-order chi connectivity index (χ0) is 59.9. The Bertz CT molecular complexity index is 1800. The summed E-state index contributed by atoms with van der Waals surface area (Å²) in [7, 11) is 0. The van der Waals surface area contributed by atoms with Gasteiger partial charge in [-0.15, -0.1) is 0 Å². The summed E-state index contributed by atoms with van der Waals surface area (Å²) in [6, 6.07) is 0. The van der Waals surface area contributed by atoms with Gasteiger partial charge in [-0.1, -0.05) is 301 Å². The fraction of sp³-hybridized carbons (Fsp3) is 0.649. The molecule has 6 heteroatoms. The minimum Gasteiger partial charge on any atom is -0.462 e. The van der Waals surface area contributed by atoms with Crippen LogP contribution in [0.4, 0.5) is 0 Å².